The van der Waals surface area contributed by atoms with Crippen molar-refractivity contribution >= 4 is 23.2 Å². The minimum Gasteiger partial charge on any atom is -0.381 e. The molecule has 4 heterocycles. The van der Waals surface area contributed by atoms with E-state index in [1.807, 2.05) is 24.3 Å². The van der Waals surface area contributed by atoms with Gasteiger partial charge in [0.1, 0.15) is 11.6 Å². The van der Waals surface area contributed by atoms with Crippen molar-refractivity contribution in [3.8, 4) is 17.3 Å². The zero-order valence-electron chi connectivity index (χ0n) is 22.2. The molecule has 0 aromatic carbocycles. The van der Waals surface area contributed by atoms with Gasteiger partial charge >= 0.3 is 0 Å². The average molecular weight is 551 g/mol. The lowest BCUT2D eigenvalue weighted by atomic mass is 9.82. The Balaban J connectivity index is 1.16. The van der Waals surface area contributed by atoms with E-state index in [0.717, 1.165) is 73.7 Å². The number of nitrogens with one attached hydrogen (secondary N) is 4. The van der Waals surface area contributed by atoms with Gasteiger partial charge in [0.05, 0.1) is 22.2 Å². The standard InChI is InChI=1S/C27H35ClN10O/c1-18(13-26-35-37-38-36-26)32-19-5-7-20(8-6-19)33-25-14-21(22(28)15-30-25)23-3-2-4-24(34-23)31-17-27(16-29)9-11-39-12-10-27/h2-4,14-15,18-20,32H,5-13,17H2,1H3,(H,30,33)(H,31,34)(H,35,36,37,38). The van der Waals surface area contributed by atoms with Gasteiger partial charge in [-0.2, -0.15) is 10.5 Å². The number of hydrogen-bond donors (Lipinski definition) is 4. The van der Waals surface area contributed by atoms with Crippen LogP contribution in [-0.4, -0.2) is 68.5 Å². The Morgan fingerprint density at radius 3 is 2.72 bits per heavy atom. The Kier molecular flexibility index (Phi) is 8.86. The van der Waals surface area contributed by atoms with E-state index in [9.17, 15) is 5.26 Å². The summed E-state index contributed by atoms with van der Waals surface area (Å²) in [5.41, 5.74) is 1.16. The lowest BCUT2D eigenvalue weighted by molar-refractivity contribution is 0.0455. The predicted octanol–water partition coefficient (Wildman–Crippen LogP) is 3.99. The van der Waals surface area contributed by atoms with Gasteiger partial charge in [-0.25, -0.2) is 9.97 Å². The van der Waals surface area contributed by atoms with Crippen molar-refractivity contribution in [2.24, 2.45) is 5.41 Å². The zero-order chi connectivity index (χ0) is 27.1. The van der Waals surface area contributed by atoms with Crippen LogP contribution in [0.5, 0.6) is 0 Å². The minimum absolute atomic E-state index is 0.289. The number of anilines is 2. The second-order valence-corrected chi connectivity index (χ2v) is 11.0. The van der Waals surface area contributed by atoms with Gasteiger partial charge in [0.2, 0.25) is 0 Å². The summed E-state index contributed by atoms with van der Waals surface area (Å²) < 4.78 is 5.44. The number of pyridine rings is 2. The summed E-state index contributed by atoms with van der Waals surface area (Å²) in [5, 5.41) is 35.2. The number of nitriles is 1. The molecule has 0 radical (unpaired) electrons. The zero-order valence-corrected chi connectivity index (χ0v) is 22.9. The monoisotopic (exact) mass is 550 g/mol. The van der Waals surface area contributed by atoms with E-state index in [0.29, 0.717) is 36.9 Å². The fourth-order valence-corrected chi connectivity index (χ4v) is 5.56. The van der Waals surface area contributed by atoms with Crippen molar-refractivity contribution in [1.82, 2.24) is 35.9 Å². The van der Waals surface area contributed by atoms with Gasteiger partial charge < -0.3 is 20.7 Å². The molecule has 1 saturated carbocycles. The van der Waals surface area contributed by atoms with Crippen LogP contribution in [0.3, 0.4) is 0 Å². The van der Waals surface area contributed by atoms with Crippen molar-refractivity contribution in [3.63, 3.8) is 0 Å². The first-order valence-electron chi connectivity index (χ1n) is 13.6. The highest BCUT2D eigenvalue weighted by atomic mass is 35.5. The Labute approximate surface area is 233 Å². The predicted molar refractivity (Wildman–Crippen MR) is 149 cm³/mol. The van der Waals surface area contributed by atoms with Crippen LogP contribution in [0.25, 0.3) is 11.3 Å². The van der Waals surface area contributed by atoms with Crippen LogP contribution < -0.4 is 16.0 Å². The number of rotatable bonds is 10. The van der Waals surface area contributed by atoms with Crippen LogP contribution >= 0.6 is 11.6 Å². The molecule has 0 bridgehead atoms. The molecule has 1 aliphatic heterocycles. The van der Waals surface area contributed by atoms with Crippen LogP contribution in [0.15, 0.2) is 30.5 Å². The van der Waals surface area contributed by atoms with E-state index < -0.39 is 5.41 Å². The third kappa shape index (κ3) is 7.20. The Morgan fingerprint density at radius 1 is 1.18 bits per heavy atom. The van der Waals surface area contributed by atoms with Gasteiger partial charge in [0, 0.05) is 56.1 Å². The normalized spacial score (nSPS) is 21.6. The molecule has 11 nitrogen and oxygen atoms in total. The minimum atomic E-state index is -0.428. The Morgan fingerprint density at radius 2 is 1.97 bits per heavy atom. The summed E-state index contributed by atoms with van der Waals surface area (Å²) in [5.74, 6) is 2.24. The molecule has 1 saturated heterocycles. The fraction of sp³-hybridized carbons (Fsp3) is 0.556. The number of aromatic amines is 1. The number of ether oxygens (including phenoxy) is 1. The molecule has 5 rings (SSSR count). The third-order valence-corrected chi connectivity index (χ3v) is 7.95. The quantitative estimate of drug-likeness (QED) is 0.292. The molecule has 1 unspecified atom stereocenters. The molecular weight excluding hydrogens is 516 g/mol. The van der Waals surface area contributed by atoms with Gasteiger partial charge in [0.15, 0.2) is 5.82 Å². The van der Waals surface area contributed by atoms with Gasteiger partial charge in [-0.05, 0) is 63.6 Å². The molecule has 4 N–H and O–H groups in total. The van der Waals surface area contributed by atoms with E-state index in [1.54, 1.807) is 6.20 Å². The van der Waals surface area contributed by atoms with E-state index >= 15 is 0 Å². The molecule has 0 amide bonds. The molecule has 1 aliphatic carbocycles. The molecule has 1 atom stereocenters. The Hall–Kier alpha value is -3.33. The van der Waals surface area contributed by atoms with Gasteiger partial charge in [-0.3, -0.25) is 0 Å². The van der Waals surface area contributed by atoms with E-state index in [1.165, 1.54) is 0 Å². The number of tetrazole rings is 1. The van der Waals surface area contributed by atoms with Gasteiger partial charge in [0.25, 0.3) is 0 Å². The van der Waals surface area contributed by atoms with Crippen molar-refractivity contribution < 1.29 is 4.74 Å². The van der Waals surface area contributed by atoms with Gasteiger partial charge in [-0.15, -0.1) is 10.2 Å². The summed E-state index contributed by atoms with van der Waals surface area (Å²) in [7, 11) is 0. The number of hydrogen-bond acceptors (Lipinski definition) is 10. The van der Waals surface area contributed by atoms with E-state index in [4.69, 9.17) is 21.3 Å². The highest BCUT2D eigenvalue weighted by molar-refractivity contribution is 6.33. The van der Waals surface area contributed by atoms with Crippen molar-refractivity contribution in [2.75, 3.05) is 30.4 Å². The SMILES string of the molecule is CC(Cc1nn[nH]n1)NC1CCC(Nc2cc(-c3cccc(NCC4(C#N)CCOCC4)n3)c(Cl)cn2)CC1. The van der Waals surface area contributed by atoms with Crippen LogP contribution in [0.2, 0.25) is 5.02 Å². The van der Waals surface area contributed by atoms with Crippen molar-refractivity contribution in [2.45, 2.75) is 70.0 Å². The lowest BCUT2D eigenvalue weighted by Crippen LogP contribution is -2.42. The highest BCUT2D eigenvalue weighted by Crippen LogP contribution is 2.32. The number of halogens is 1. The number of aromatic nitrogens is 6. The summed E-state index contributed by atoms with van der Waals surface area (Å²) in [4.78, 5) is 9.33. The smallest absolute Gasteiger partial charge is 0.176 e. The van der Waals surface area contributed by atoms with E-state index in [-0.39, 0.29) is 6.04 Å². The second-order valence-electron chi connectivity index (χ2n) is 10.6. The highest BCUT2D eigenvalue weighted by Gasteiger charge is 2.32. The molecule has 3 aromatic heterocycles. The summed E-state index contributed by atoms with van der Waals surface area (Å²) >= 11 is 6.56. The summed E-state index contributed by atoms with van der Waals surface area (Å²) in [6.07, 6.45) is 8.15. The van der Waals surface area contributed by atoms with Crippen LogP contribution in [0, 0.1) is 16.7 Å². The summed E-state index contributed by atoms with van der Waals surface area (Å²) in [6, 6.07) is 11.4. The maximum atomic E-state index is 9.74. The van der Waals surface area contributed by atoms with E-state index in [2.05, 4.69) is 54.6 Å². The first kappa shape index (κ1) is 27.2. The van der Waals surface area contributed by atoms with Crippen LogP contribution in [0.1, 0.15) is 51.3 Å². The molecule has 0 spiro atoms. The lowest BCUT2D eigenvalue weighted by Gasteiger charge is -2.31. The largest absolute Gasteiger partial charge is 0.381 e. The third-order valence-electron chi connectivity index (χ3n) is 7.65. The molecular formula is C27H35ClN10O. The number of nitrogens with zero attached hydrogens (tertiary/aromatic N) is 6. The first-order chi connectivity index (χ1) is 19.0. The topological polar surface area (TPSA) is 149 Å². The maximum Gasteiger partial charge on any atom is 0.176 e. The fourth-order valence-electron chi connectivity index (χ4n) is 5.36. The molecule has 12 heteroatoms. The summed E-state index contributed by atoms with van der Waals surface area (Å²) in [6.45, 7) is 3.92. The number of H-pyrrole nitrogens is 1. The Bertz CT molecular complexity index is 1250. The van der Waals surface area contributed by atoms with Crippen molar-refractivity contribution in [3.05, 3.63) is 41.3 Å². The molecule has 2 aliphatic rings. The molecule has 3 aromatic rings. The molecule has 2 fully saturated rings. The second kappa shape index (κ2) is 12.7. The van der Waals surface area contributed by atoms with Crippen LogP contribution in [-0.2, 0) is 11.2 Å². The molecule has 206 valence electrons. The molecule has 39 heavy (non-hydrogen) atoms. The first-order valence-corrected chi connectivity index (χ1v) is 14.0. The average Bonchev–Trinajstić information content (AvgIpc) is 3.47. The maximum absolute atomic E-state index is 9.74. The van der Waals surface area contributed by atoms with Crippen molar-refractivity contribution in [1.29, 1.82) is 5.26 Å². The van der Waals surface area contributed by atoms with Crippen LogP contribution in [0.4, 0.5) is 11.6 Å². The van der Waals surface area contributed by atoms with Gasteiger partial charge in [-0.1, -0.05) is 22.9 Å².